The maximum atomic E-state index is 12.0. The first kappa shape index (κ1) is 13.8. The Morgan fingerprint density at radius 2 is 1.94 bits per heavy atom. The fourth-order valence-corrected chi connectivity index (χ4v) is 2.46. The van der Waals surface area contributed by atoms with E-state index in [9.17, 15) is 4.79 Å². The summed E-state index contributed by atoms with van der Waals surface area (Å²) < 4.78 is 0. The van der Waals surface area contributed by atoms with E-state index in [0.717, 1.165) is 45.6 Å². The molecule has 0 bridgehead atoms. The monoisotopic (exact) mass is 254 g/mol. The lowest BCUT2D eigenvalue weighted by molar-refractivity contribution is -0.126. The molecule has 1 saturated carbocycles. The van der Waals surface area contributed by atoms with E-state index in [1.54, 1.807) is 0 Å². The second kappa shape index (κ2) is 5.55. The van der Waals surface area contributed by atoms with E-state index in [4.69, 9.17) is 5.73 Å². The average Bonchev–Trinajstić information content (AvgIpc) is 3.15. The van der Waals surface area contributed by atoms with Crippen LogP contribution >= 0.6 is 0 Å². The number of nitrogens with two attached hydrogens (primary N) is 1. The molecule has 1 heterocycles. The number of rotatable bonds is 5. The first-order valence-corrected chi connectivity index (χ1v) is 6.98. The van der Waals surface area contributed by atoms with Crippen LogP contribution in [0.5, 0.6) is 0 Å². The smallest absolute Gasteiger partial charge is 0.240 e. The van der Waals surface area contributed by atoms with Gasteiger partial charge >= 0.3 is 0 Å². The van der Waals surface area contributed by atoms with Crippen molar-refractivity contribution in [1.29, 1.82) is 0 Å². The maximum absolute atomic E-state index is 12.0. The number of hydrogen-bond acceptors (Lipinski definition) is 4. The average molecular weight is 254 g/mol. The van der Waals surface area contributed by atoms with Crippen LogP contribution < -0.4 is 11.1 Å². The maximum Gasteiger partial charge on any atom is 0.240 e. The van der Waals surface area contributed by atoms with Crippen LogP contribution in [0.2, 0.25) is 0 Å². The Balaban J connectivity index is 1.64. The standard InChI is InChI=1S/C13H26N4O/c1-13(14,11-3-4-11)12(18)15-5-6-17-9-7-16(2)8-10-17/h11H,3-10,14H2,1-2H3,(H,15,18). The molecule has 5 nitrogen and oxygen atoms in total. The fourth-order valence-electron chi connectivity index (χ4n) is 2.46. The number of amides is 1. The summed E-state index contributed by atoms with van der Waals surface area (Å²) in [5, 5.41) is 2.98. The zero-order chi connectivity index (χ0) is 13.2. The second-order valence-electron chi connectivity index (χ2n) is 5.96. The van der Waals surface area contributed by atoms with Gasteiger partial charge in [-0.3, -0.25) is 9.69 Å². The Morgan fingerprint density at radius 1 is 1.33 bits per heavy atom. The summed E-state index contributed by atoms with van der Waals surface area (Å²) in [6.07, 6.45) is 2.19. The van der Waals surface area contributed by atoms with E-state index < -0.39 is 5.54 Å². The lowest BCUT2D eigenvalue weighted by Crippen LogP contribution is -2.55. The molecule has 104 valence electrons. The van der Waals surface area contributed by atoms with Crippen molar-refractivity contribution in [2.75, 3.05) is 46.3 Å². The summed E-state index contributed by atoms with van der Waals surface area (Å²) in [6.45, 7) is 7.91. The van der Waals surface area contributed by atoms with Gasteiger partial charge in [0, 0.05) is 39.3 Å². The van der Waals surface area contributed by atoms with Crippen molar-refractivity contribution in [3.05, 3.63) is 0 Å². The normalized spacial score (nSPS) is 25.7. The molecule has 5 heteroatoms. The van der Waals surface area contributed by atoms with Crippen LogP contribution in [0.25, 0.3) is 0 Å². The number of hydrogen-bond donors (Lipinski definition) is 2. The molecule has 1 amide bonds. The van der Waals surface area contributed by atoms with Crippen LogP contribution in [0.3, 0.4) is 0 Å². The highest BCUT2D eigenvalue weighted by Crippen LogP contribution is 2.37. The summed E-state index contributed by atoms with van der Waals surface area (Å²) in [5.74, 6) is 0.403. The molecule has 2 fully saturated rings. The number of nitrogens with zero attached hydrogens (tertiary/aromatic N) is 2. The molecule has 2 aliphatic rings. The molecule has 1 saturated heterocycles. The van der Waals surface area contributed by atoms with Gasteiger partial charge in [0.25, 0.3) is 0 Å². The molecule has 18 heavy (non-hydrogen) atoms. The highest BCUT2D eigenvalue weighted by Gasteiger charge is 2.43. The molecule has 3 N–H and O–H groups in total. The molecule has 1 aliphatic heterocycles. The third-order valence-corrected chi connectivity index (χ3v) is 4.22. The van der Waals surface area contributed by atoms with Crippen molar-refractivity contribution in [2.24, 2.45) is 11.7 Å². The molecule has 2 rings (SSSR count). The van der Waals surface area contributed by atoms with Gasteiger partial charge in [0.1, 0.15) is 0 Å². The molecule has 1 atom stereocenters. The van der Waals surface area contributed by atoms with Crippen LogP contribution in [0, 0.1) is 5.92 Å². The summed E-state index contributed by atoms with van der Waals surface area (Å²) >= 11 is 0. The predicted molar refractivity (Wildman–Crippen MR) is 72.3 cm³/mol. The highest BCUT2D eigenvalue weighted by atomic mass is 16.2. The first-order chi connectivity index (χ1) is 8.50. The number of piperazine rings is 1. The lowest BCUT2D eigenvalue weighted by Gasteiger charge is -2.32. The molecule has 0 spiro atoms. The fraction of sp³-hybridized carbons (Fsp3) is 0.923. The molecule has 1 aliphatic carbocycles. The minimum absolute atomic E-state index is 0.0131. The van der Waals surface area contributed by atoms with Crippen molar-refractivity contribution in [2.45, 2.75) is 25.3 Å². The van der Waals surface area contributed by atoms with Gasteiger partial charge in [-0.05, 0) is 32.7 Å². The van der Waals surface area contributed by atoms with Crippen molar-refractivity contribution in [3.8, 4) is 0 Å². The van der Waals surface area contributed by atoms with Crippen molar-refractivity contribution < 1.29 is 4.79 Å². The van der Waals surface area contributed by atoms with E-state index in [1.165, 1.54) is 0 Å². The van der Waals surface area contributed by atoms with Gasteiger partial charge in [0.2, 0.25) is 5.91 Å². The second-order valence-corrected chi connectivity index (χ2v) is 5.96. The highest BCUT2D eigenvalue weighted by molar-refractivity contribution is 5.86. The van der Waals surface area contributed by atoms with E-state index in [1.807, 2.05) is 6.92 Å². The van der Waals surface area contributed by atoms with Crippen LogP contribution in [0.1, 0.15) is 19.8 Å². The molecular formula is C13H26N4O. The molecule has 1 unspecified atom stereocenters. The van der Waals surface area contributed by atoms with Crippen molar-refractivity contribution >= 4 is 5.91 Å². The summed E-state index contributed by atoms with van der Waals surface area (Å²) in [5.41, 5.74) is 5.41. The van der Waals surface area contributed by atoms with Gasteiger partial charge in [0.15, 0.2) is 0 Å². The van der Waals surface area contributed by atoms with Gasteiger partial charge < -0.3 is 16.0 Å². The van der Waals surface area contributed by atoms with Gasteiger partial charge in [-0.1, -0.05) is 0 Å². The Labute approximate surface area is 110 Å². The number of carbonyl (C=O) groups excluding carboxylic acids is 1. The van der Waals surface area contributed by atoms with Crippen LogP contribution in [-0.4, -0.2) is 67.6 Å². The third-order valence-electron chi connectivity index (χ3n) is 4.22. The van der Waals surface area contributed by atoms with Crippen molar-refractivity contribution in [1.82, 2.24) is 15.1 Å². The Bertz CT molecular complexity index is 293. The number of nitrogens with one attached hydrogen (secondary N) is 1. The predicted octanol–water partition coefficient (Wildman–Crippen LogP) is -0.523. The topological polar surface area (TPSA) is 61.6 Å². The molecular weight excluding hydrogens is 228 g/mol. The van der Waals surface area contributed by atoms with Crippen LogP contribution in [-0.2, 0) is 4.79 Å². The molecule has 0 aromatic carbocycles. The van der Waals surface area contributed by atoms with Gasteiger partial charge in [-0.2, -0.15) is 0 Å². The lowest BCUT2D eigenvalue weighted by atomic mass is 9.96. The number of likely N-dealkylation sites (N-methyl/N-ethyl adjacent to an activating group) is 1. The minimum atomic E-state index is -0.665. The van der Waals surface area contributed by atoms with Crippen LogP contribution in [0.15, 0.2) is 0 Å². The SMILES string of the molecule is CN1CCN(CCNC(=O)C(C)(N)C2CC2)CC1. The summed E-state index contributed by atoms with van der Waals surface area (Å²) in [6, 6.07) is 0. The zero-order valence-electron chi connectivity index (χ0n) is 11.6. The Morgan fingerprint density at radius 3 is 2.50 bits per heavy atom. The number of carbonyl (C=O) groups is 1. The van der Waals surface area contributed by atoms with Crippen LogP contribution in [0.4, 0.5) is 0 Å². The van der Waals surface area contributed by atoms with Crippen molar-refractivity contribution in [3.63, 3.8) is 0 Å². The zero-order valence-corrected chi connectivity index (χ0v) is 11.6. The third kappa shape index (κ3) is 3.43. The van der Waals surface area contributed by atoms with E-state index in [0.29, 0.717) is 12.5 Å². The minimum Gasteiger partial charge on any atom is -0.353 e. The van der Waals surface area contributed by atoms with Gasteiger partial charge in [-0.25, -0.2) is 0 Å². The Kier molecular flexibility index (Phi) is 4.25. The molecule has 0 aromatic heterocycles. The van der Waals surface area contributed by atoms with Gasteiger partial charge in [0.05, 0.1) is 5.54 Å². The Hall–Kier alpha value is -0.650. The quantitative estimate of drug-likeness (QED) is 0.693. The van der Waals surface area contributed by atoms with E-state index in [-0.39, 0.29) is 5.91 Å². The van der Waals surface area contributed by atoms with E-state index in [2.05, 4.69) is 22.2 Å². The molecule has 0 radical (unpaired) electrons. The largest absolute Gasteiger partial charge is 0.353 e. The van der Waals surface area contributed by atoms with Gasteiger partial charge in [-0.15, -0.1) is 0 Å². The first-order valence-electron chi connectivity index (χ1n) is 6.98. The summed E-state index contributed by atoms with van der Waals surface area (Å²) in [7, 11) is 2.15. The van der Waals surface area contributed by atoms with E-state index >= 15 is 0 Å². The summed E-state index contributed by atoms with van der Waals surface area (Å²) in [4.78, 5) is 16.7. The molecule has 0 aromatic rings.